The van der Waals surface area contributed by atoms with Crippen molar-refractivity contribution in [2.45, 2.75) is 44.2 Å². The molecule has 4 rings (SSSR count). The first-order chi connectivity index (χ1) is 15.1. The van der Waals surface area contributed by atoms with Gasteiger partial charge < -0.3 is 0 Å². The summed E-state index contributed by atoms with van der Waals surface area (Å²) in [5, 5.41) is 0.723. The summed E-state index contributed by atoms with van der Waals surface area (Å²) in [7, 11) is -4.14. The molecule has 3 aliphatic heterocycles. The Balaban J connectivity index is 1.46. The van der Waals surface area contributed by atoms with E-state index < -0.39 is 20.2 Å². The fourth-order valence-electron chi connectivity index (χ4n) is 5.42. The van der Waals surface area contributed by atoms with Crippen molar-refractivity contribution in [1.29, 1.82) is 0 Å². The summed E-state index contributed by atoms with van der Waals surface area (Å²) in [4.78, 5) is 2.51. The topological polar surface area (TPSA) is 90.0 Å². The lowest BCUT2D eigenvalue weighted by atomic mass is 9.77. The van der Waals surface area contributed by atoms with Crippen LogP contribution in [0.3, 0.4) is 0 Å². The Hall–Kier alpha value is -0.750. The zero-order valence-electron chi connectivity index (χ0n) is 18.7. The van der Waals surface area contributed by atoms with Crippen molar-refractivity contribution >= 4 is 31.8 Å². The molecule has 0 radical (unpaired) electrons. The molecule has 8 nitrogen and oxygen atoms in total. The Kier molecular flexibility index (Phi) is 7.22. The van der Waals surface area contributed by atoms with Crippen molar-refractivity contribution in [2.24, 2.45) is 5.92 Å². The lowest BCUT2D eigenvalue weighted by Crippen LogP contribution is -2.57. The van der Waals surface area contributed by atoms with Crippen molar-refractivity contribution in [3.63, 3.8) is 0 Å². The van der Waals surface area contributed by atoms with Gasteiger partial charge in [0, 0.05) is 57.4 Å². The molecule has 180 valence electrons. The van der Waals surface area contributed by atoms with Gasteiger partial charge in [0.2, 0.25) is 10.0 Å². The van der Waals surface area contributed by atoms with Crippen LogP contribution in [0.25, 0.3) is 0 Å². The van der Waals surface area contributed by atoms with E-state index in [1.165, 1.54) is 25.2 Å². The molecular weight excluding hydrogens is 472 g/mol. The highest BCUT2D eigenvalue weighted by Gasteiger charge is 2.45. The van der Waals surface area contributed by atoms with Gasteiger partial charge in [0.15, 0.2) is 0 Å². The third-order valence-electron chi connectivity index (χ3n) is 7.08. The molecule has 0 bridgehead atoms. The van der Waals surface area contributed by atoms with E-state index in [1.807, 2.05) is 12.1 Å². The van der Waals surface area contributed by atoms with E-state index in [0.717, 1.165) is 48.1 Å². The molecule has 0 spiro atoms. The van der Waals surface area contributed by atoms with Crippen molar-refractivity contribution < 1.29 is 16.8 Å². The highest BCUT2D eigenvalue weighted by atomic mass is 35.5. The molecule has 0 unspecified atom stereocenters. The molecule has 11 heteroatoms. The van der Waals surface area contributed by atoms with Gasteiger partial charge in [-0.25, -0.2) is 13.1 Å². The Morgan fingerprint density at radius 3 is 2.72 bits per heavy atom. The fraction of sp³-hybridized carbons (Fsp3) is 0.714. The Morgan fingerprint density at radius 1 is 1.19 bits per heavy atom. The van der Waals surface area contributed by atoms with E-state index in [2.05, 4.69) is 15.7 Å². The highest BCUT2D eigenvalue weighted by molar-refractivity contribution is 7.89. The maximum atomic E-state index is 13.3. The number of piperidine rings is 2. The maximum absolute atomic E-state index is 13.3. The molecule has 0 saturated carbocycles. The van der Waals surface area contributed by atoms with Crippen molar-refractivity contribution in [3.05, 3.63) is 34.3 Å². The van der Waals surface area contributed by atoms with E-state index in [1.54, 1.807) is 4.31 Å². The van der Waals surface area contributed by atoms with Crippen LogP contribution >= 0.6 is 11.6 Å². The molecule has 0 aromatic heterocycles. The number of nitrogens with one attached hydrogen (secondary N) is 1. The third-order valence-corrected chi connectivity index (χ3v) is 10.8. The normalized spacial score (nSPS) is 27.1. The van der Waals surface area contributed by atoms with Crippen molar-refractivity contribution in [2.75, 3.05) is 46.0 Å². The molecule has 2 saturated heterocycles. The van der Waals surface area contributed by atoms with Gasteiger partial charge in [-0.1, -0.05) is 17.7 Å². The number of sulfonamides is 1. The Morgan fingerprint density at radius 2 is 1.97 bits per heavy atom. The van der Waals surface area contributed by atoms with Gasteiger partial charge in [-0.05, 0) is 61.3 Å². The number of fused-ring (bicyclic) bond motifs is 4. The molecule has 1 N–H and O–H groups in total. The first kappa shape index (κ1) is 24.4. The van der Waals surface area contributed by atoms with Crippen LogP contribution in [-0.4, -0.2) is 82.4 Å². The Bertz CT molecular complexity index is 1050. The second-order valence-corrected chi connectivity index (χ2v) is 13.7. The van der Waals surface area contributed by atoms with Gasteiger partial charge >= 0.3 is 0 Å². The number of halogens is 1. The smallest absolute Gasteiger partial charge is 0.278 e. The first-order valence-corrected chi connectivity index (χ1v) is 14.7. The summed E-state index contributed by atoms with van der Waals surface area (Å²) in [5.41, 5.74) is 2.55. The number of rotatable bonds is 7. The largest absolute Gasteiger partial charge is 0.296 e. The maximum Gasteiger partial charge on any atom is 0.278 e. The van der Waals surface area contributed by atoms with Crippen LogP contribution in [0.4, 0.5) is 0 Å². The summed E-state index contributed by atoms with van der Waals surface area (Å²) < 4.78 is 55.5. The number of benzene rings is 1. The van der Waals surface area contributed by atoms with E-state index >= 15 is 0 Å². The zero-order valence-corrected chi connectivity index (χ0v) is 21.1. The van der Waals surface area contributed by atoms with Crippen molar-refractivity contribution in [3.8, 4) is 0 Å². The number of hydrogen-bond donors (Lipinski definition) is 1. The predicted octanol–water partition coefficient (Wildman–Crippen LogP) is 1.84. The zero-order chi connectivity index (χ0) is 23.1. The van der Waals surface area contributed by atoms with Gasteiger partial charge in [-0.15, -0.1) is 0 Å². The molecular formula is C21H33ClN4O4S2. The molecule has 3 heterocycles. The summed E-state index contributed by atoms with van der Waals surface area (Å²) in [5.74, 6) is 0.283. The molecule has 3 aliphatic rings. The van der Waals surface area contributed by atoms with E-state index in [-0.39, 0.29) is 30.8 Å². The minimum absolute atomic E-state index is 0.0154. The van der Waals surface area contributed by atoms with Crippen LogP contribution in [-0.2, 0) is 26.7 Å². The quantitative estimate of drug-likeness (QED) is 0.572. The molecule has 0 aliphatic carbocycles. The fourth-order valence-corrected chi connectivity index (χ4v) is 8.08. The van der Waals surface area contributed by atoms with E-state index in [4.69, 9.17) is 11.6 Å². The summed E-state index contributed by atoms with van der Waals surface area (Å²) >= 11 is 6.29. The van der Waals surface area contributed by atoms with Gasteiger partial charge in [0.05, 0.1) is 5.75 Å². The van der Waals surface area contributed by atoms with Crippen LogP contribution in [0.5, 0.6) is 0 Å². The van der Waals surface area contributed by atoms with Crippen LogP contribution in [0.1, 0.15) is 42.9 Å². The van der Waals surface area contributed by atoms with Crippen LogP contribution in [0.15, 0.2) is 18.2 Å². The molecule has 1 aromatic rings. The van der Waals surface area contributed by atoms with Gasteiger partial charge in [-0.3, -0.25) is 4.90 Å². The second kappa shape index (κ2) is 9.48. The van der Waals surface area contributed by atoms with Gasteiger partial charge in [0.1, 0.15) is 0 Å². The molecule has 32 heavy (non-hydrogen) atoms. The van der Waals surface area contributed by atoms with Gasteiger partial charge in [-0.2, -0.15) is 17.0 Å². The van der Waals surface area contributed by atoms with E-state index in [9.17, 15) is 16.8 Å². The standard InChI is InChI=1S/C21H33ClN4O4S2/c1-24(2)32(29,30)23-9-4-12-31(27,28)26-10-3-5-17-15-25-11-8-16-6-7-18(22)13-19(16)21(25)14-20(17)26/h6-7,13,17,20-21,23H,3-5,8-12,14-15H2,1-2H3/t17-,20+,21-/m0/s1. The Labute approximate surface area is 197 Å². The van der Waals surface area contributed by atoms with Crippen LogP contribution in [0.2, 0.25) is 5.02 Å². The number of nitrogens with zero attached hydrogens (tertiary/aromatic N) is 3. The lowest BCUT2D eigenvalue weighted by Gasteiger charge is -2.51. The SMILES string of the molecule is CN(C)S(=O)(=O)NCCCS(=O)(=O)N1CCC[C@H]2CN3CCc4ccc(Cl)cc4[C@@H]3C[C@H]21. The minimum atomic E-state index is -3.55. The van der Waals surface area contributed by atoms with Crippen LogP contribution in [0, 0.1) is 5.92 Å². The van der Waals surface area contributed by atoms with Crippen LogP contribution < -0.4 is 4.72 Å². The lowest BCUT2D eigenvalue weighted by molar-refractivity contribution is 0.0220. The van der Waals surface area contributed by atoms with Gasteiger partial charge in [0.25, 0.3) is 10.2 Å². The first-order valence-electron chi connectivity index (χ1n) is 11.3. The summed E-state index contributed by atoms with van der Waals surface area (Å²) in [6.45, 7) is 2.56. The van der Waals surface area contributed by atoms with E-state index in [0.29, 0.717) is 12.5 Å². The predicted molar refractivity (Wildman–Crippen MR) is 126 cm³/mol. The molecule has 0 amide bonds. The summed E-state index contributed by atoms with van der Waals surface area (Å²) in [6, 6.07) is 6.27. The minimum Gasteiger partial charge on any atom is -0.296 e. The monoisotopic (exact) mass is 504 g/mol. The molecule has 3 atom stereocenters. The summed E-state index contributed by atoms with van der Waals surface area (Å²) in [6.07, 6.45) is 3.95. The highest BCUT2D eigenvalue weighted by Crippen LogP contribution is 2.44. The molecule has 2 fully saturated rings. The average Bonchev–Trinajstić information content (AvgIpc) is 2.74. The molecule has 1 aromatic carbocycles. The third kappa shape index (κ3) is 5.01. The second-order valence-electron chi connectivity index (χ2n) is 9.27. The average molecular weight is 505 g/mol. The van der Waals surface area contributed by atoms with Crippen molar-refractivity contribution in [1.82, 2.24) is 18.2 Å². The number of hydrogen-bond acceptors (Lipinski definition) is 5.